The highest BCUT2D eigenvalue weighted by Gasteiger charge is 2.44. The minimum absolute atomic E-state index is 0.242. The van der Waals surface area contributed by atoms with E-state index in [2.05, 4.69) is 52.8 Å². The predicted octanol–water partition coefficient (Wildman–Crippen LogP) is 4.23. The summed E-state index contributed by atoms with van der Waals surface area (Å²) in [4.78, 5) is 10.9. The summed E-state index contributed by atoms with van der Waals surface area (Å²) in [6, 6.07) is 0.965. The molecule has 0 atom stereocenters. The van der Waals surface area contributed by atoms with Crippen LogP contribution < -0.4 is 0 Å². The Labute approximate surface area is 169 Å². The third-order valence-corrected chi connectivity index (χ3v) is 12.9. The lowest BCUT2D eigenvalue weighted by Gasteiger charge is -2.40. The number of carbonyl (C=O) groups is 1. The molecule has 6 nitrogen and oxygen atoms in total. The molecule has 0 saturated heterocycles. The summed E-state index contributed by atoms with van der Waals surface area (Å²) in [7, 11) is -5.82. The first-order valence-electron chi connectivity index (χ1n) is 9.78. The van der Waals surface area contributed by atoms with Crippen molar-refractivity contribution in [2.24, 2.45) is 0 Å². The molecule has 0 aromatic rings. The molecule has 0 aliphatic carbocycles. The second-order valence-corrected chi connectivity index (χ2v) is 21.2. The zero-order valence-electron chi connectivity index (χ0n) is 18.4. The van der Waals surface area contributed by atoms with Gasteiger partial charge in [-0.1, -0.05) is 19.9 Å². The highest BCUT2D eigenvalue weighted by Crippen LogP contribution is 2.26. The summed E-state index contributed by atoms with van der Waals surface area (Å²) in [5, 5.41) is 0. The van der Waals surface area contributed by atoms with Crippen LogP contribution in [-0.4, -0.2) is 63.8 Å². The zero-order valence-corrected chi connectivity index (χ0v) is 21.4. The average Bonchev–Trinajstić information content (AvgIpc) is 2.49. The molecule has 0 amide bonds. The molecule has 0 fully saturated rings. The second kappa shape index (κ2) is 13.0. The minimum atomic E-state index is -2.37. The minimum Gasteiger partial charge on any atom is -0.460 e. The van der Waals surface area contributed by atoms with Crippen LogP contribution in [0, 0.1) is 0 Å². The van der Waals surface area contributed by atoms with Crippen LogP contribution >= 0.6 is 0 Å². The van der Waals surface area contributed by atoms with Crippen molar-refractivity contribution in [2.75, 3.05) is 32.7 Å². The number of rotatable bonds is 16. The van der Waals surface area contributed by atoms with Crippen LogP contribution in [0.25, 0.3) is 0 Å². The standard InChI is InChI=1S/C18H40O6Si3/c1-9-16-27(23-25(3,4)5,24-26(6,7)8)17-21-13-11-12-20-14-15-22-18(19)10-2/h10H,2,9,11-17H2,1,3-8H3. The molecule has 0 radical (unpaired) electrons. The number of hydrogen-bond acceptors (Lipinski definition) is 6. The van der Waals surface area contributed by atoms with E-state index in [1.54, 1.807) is 0 Å². The monoisotopic (exact) mass is 436 g/mol. The molecule has 0 aromatic carbocycles. The van der Waals surface area contributed by atoms with Gasteiger partial charge in [0.2, 0.25) is 0 Å². The Kier molecular flexibility index (Phi) is 12.9. The number of ether oxygens (including phenoxy) is 3. The van der Waals surface area contributed by atoms with Crippen LogP contribution in [0.1, 0.15) is 19.8 Å². The van der Waals surface area contributed by atoms with Crippen molar-refractivity contribution in [1.82, 2.24) is 0 Å². The van der Waals surface area contributed by atoms with Crippen LogP contribution in [0.5, 0.6) is 0 Å². The van der Waals surface area contributed by atoms with E-state index in [0.717, 1.165) is 25.0 Å². The maximum absolute atomic E-state index is 10.9. The fraction of sp³-hybridized carbons (Fsp3) is 0.833. The Morgan fingerprint density at radius 3 is 1.93 bits per heavy atom. The lowest BCUT2D eigenvalue weighted by molar-refractivity contribution is -0.139. The Bertz CT molecular complexity index is 416. The first-order valence-corrected chi connectivity index (χ1v) is 18.8. The van der Waals surface area contributed by atoms with E-state index < -0.39 is 31.2 Å². The van der Waals surface area contributed by atoms with Crippen LogP contribution in [-0.2, 0) is 27.2 Å². The Morgan fingerprint density at radius 2 is 1.44 bits per heavy atom. The largest absolute Gasteiger partial charge is 0.460 e. The third kappa shape index (κ3) is 15.3. The highest BCUT2D eigenvalue weighted by atomic mass is 28.5. The van der Waals surface area contributed by atoms with E-state index in [1.807, 2.05) is 0 Å². The van der Waals surface area contributed by atoms with Crippen molar-refractivity contribution in [3.8, 4) is 0 Å². The Balaban J connectivity index is 4.35. The smallest absolute Gasteiger partial charge is 0.344 e. The molecule has 9 heteroatoms. The van der Waals surface area contributed by atoms with Gasteiger partial charge in [-0.15, -0.1) is 0 Å². The lowest BCUT2D eigenvalue weighted by atomic mass is 10.5. The van der Waals surface area contributed by atoms with Crippen LogP contribution in [0.15, 0.2) is 12.7 Å². The molecule has 27 heavy (non-hydrogen) atoms. The summed E-state index contributed by atoms with van der Waals surface area (Å²) >= 11 is 0. The van der Waals surface area contributed by atoms with Crippen molar-refractivity contribution in [1.29, 1.82) is 0 Å². The fourth-order valence-electron chi connectivity index (χ4n) is 2.60. The molecule has 0 rings (SSSR count). The van der Waals surface area contributed by atoms with E-state index >= 15 is 0 Å². The molecule has 0 N–H and O–H groups in total. The molecule has 160 valence electrons. The summed E-state index contributed by atoms with van der Waals surface area (Å²) in [5.41, 5.74) is 0. The van der Waals surface area contributed by atoms with Gasteiger partial charge in [0.25, 0.3) is 0 Å². The predicted molar refractivity (Wildman–Crippen MR) is 117 cm³/mol. The quantitative estimate of drug-likeness (QED) is 0.156. The first kappa shape index (κ1) is 26.7. The molecule has 0 aliphatic heterocycles. The van der Waals surface area contributed by atoms with Gasteiger partial charge in [-0.2, -0.15) is 0 Å². The van der Waals surface area contributed by atoms with Crippen molar-refractivity contribution < 1.29 is 27.2 Å². The molecular formula is C18H40O6Si3. The number of hydrogen-bond donors (Lipinski definition) is 0. The maximum Gasteiger partial charge on any atom is 0.344 e. The zero-order chi connectivity index (χ0) is 21.0. The molecule has 0 aliphatic rings. The van der Waals surface area contributed by atoms with Gasteiger partial charge in [-0.3, -0.25) is 0 Å². The second-order valence-electron chi connectivity index (χ2n) is 8.48. The van der Waals surface area contributed by atoms with Gasteiger partial charge in [0.05, 0.1) is 12.8 Å². The molecule has 0 saturated carbocycles. The molecule has 0 heterocycles. The van der Waals surface area contributed by atoms with Crippen LogP contribution in [0.3, 0.4) is 0 Å². The molecule has 0 aromatic heterocycles. The number of esters is 1. The molecular weight excluding hydrogens is 396 g/mol. The Hall–Kier alpha value is -0.299. The van der Waals surface area contributed by atoms with Gasteiger partial charge in [0.15, 0.2) is 16.6 Å². The molecule has 0 unspecified atom stereocenters. The number of carbonyl (C=O) groups excluding carboxylic acids is 1. The summed E-state index contributed by atoms with van der Waals surface area (Å²) < 4.78 is 29.5. The first-order chi connectivity index (χ1) is 12.4. The molecule has 0 spiro atoms. The van der Waals surface area contributed by atoms with Gasteiger partial charge < -0.3 is 22.4 Å². The van der Waals surface area contributed by atoms with Crippen molar-refractivity contribution in [3.63, 3.8) is 0 Å². The Morgan fingerprint density at radius 1 is 0.889 bits per heavy atom. The van der Waals surface area contributed by atoms with E-state index in [-0.39, 0.29) is 6.61 Å². The summed E-state index contributed by atoms with van der Waals surface area (Å²) in [6.45, 7) is 20.6. The average molecular weight is 437 g/mol. The summed E-state index contributed by atoms with van der Waals surface area (Å²) in [5.74, 6) is -0.427. The van der Waals surface area contributed by atoms with E-state index in [4.69, 9.17) is 22.4 Å². The highest BCUT2D eigenvalue weighted by molar-refractivity contribution is 6.88. The van der Waals surface area contributed by atoms with E-state index in [9.17, 15) is 4.79 Å². The van der Waals surface area contributed by atoms with Gasteiger partial charge in [0, 0.05) is 19.3 Å². The topological polar surface area (TPSA) is 63.2 Å². The van der Waals surface area contributed by atoms with Crippen LogP contribution in [0.2, 0.25) is 45.3 Å². The van der Waals surface area contributed by atoms with Gasteiger partial charge in [0.1, 0.15) is 6.61 Å². The summed E-state index contributed by atoms with van der Waals surface area (Å²) in [6.07, 6.45) is 3.54. The van der Waals surface area contributed by atoms with Crippen molar-refractivity contribution in [3.05, 3.63) is 12.7 Å². The van der Waals surface area contributed by atoms with Crippen LogP contribution in [0.4, 0.5) is 0 Å². The lowest BCUT2D eigenvalue weighted by Crippen LogP contribution is -2.57. The maximum atomic E-state index is 10.9. The SMILES string of the molecule is C=CC(=O)OCCOCCCOC[Si](CCC)(O[Si](C)(C)C)O[Si](C)(C)C. The fourth-order valence-corrected chi connectivity index (χ4v) is 14.7. The van der Waals surface area contributed by atoms with E-state index in [0.29, 0.717) is 26.1 Å². The van der Waals surface area contributed by atoms with Crippen molar-refractivity contribution in [2.45, 2.75) is 65.1 Å². The van der Waals surface area contributed by atoms with Gasteiger partial charge >= 0.3 is 14.5 Å². The normalized spacial score (nSPS) is 12.9. The van der Waals surface area contributed by atoms with E-state index in [1.165, 1.54) is 0 Å². The molecule has 0 bridgehead atoms. The van der Waals surface area contributed by atoms with Crippen molar-refractivity contribution >= 4 is 31.2 Å². The van der Waals surface area contributed by atoms with Gasteiger partial charge in [-0.25, -0.2) is 4.79 Å². The third-order valence-electron chi connectivity index (χ3n) is 3.15. The van der Waals surface area contributed by atoms with Gasteiger partial charge in [-0.05, 0) is 51.7 Å².